The van der Waals surface area contributed by atoms with Gasteiger partial charge in [0, 0.05) is 31.6 Å². The van der Waals surface area contributed by atoms with E-state index in [2.05, 4.69) is 6.58 Å². The minimum atomic E-state index is -3.47. The van der Waals surface area contributed by atoms with Gasteiger partial charge in [0.1, 0.15) is 0 Å². The van der Waals surface area contributed by atoms with Crippen molar-refractivity contribution in [3.8, 4) is 0 Å². The second kappa shape index (κ2) is 6.69. The first-order chi connectivity index (χ1) is 11.5. The Morgan fingerprint density at radius 2 is 1.88 bits per heavy atom. The van der Waals surface area contributed by atoms with Crippen LogP contribution in [0.25, 0.3) is 0 Å². The van der Waals surface area contributed by atoms with Crippen LogP contribution in [0.1, 0.15) is 32.1 Å². The Kier molecular flexibility index (Phi) is 4.78. The first-order valence-electron chi connectivity index (χ1n) is 8.46. The number of carbonyl (C=O) groups is 1. The lowest BCUT2D eigenvalue weighted by atomic mass is 9.88. The van der Waals surface area contributed by atoms with Crippen molar-refractivity contribution in [3.63, 3.8) is 0 Å². The van der Waals surface area contributed by atoms with E-state index in [1.165, 1.54) is 0 Å². The van der Waals surface area contributed by atoms with Crippen LogP contribution in [0.2, 0.25) is 0 Å². The van der Waals surface area contributed by atoms with Crippen molar-refractivity contribution < 1.29 is 13.2 Å². The lowest BCUT2D eigenvalue weighted by Crippen LogP contribution is -2.46. The van der Waals surface area contributed by atoms with Crippen molar-refractivity contribution in [1.29, 1.82) is 0 Å². The van der Waals surface area contributed by atoms with Crippen LogP contribution in [0.3, 0.4) is 0 Å². The highest BCUT2D eigenvalue weighted by Gasteiger charge is 2.46. The highest BCUT2D eigenvalue weighted by molar-refractivity contribution is 7.89. The van der Waals surface area contributed by atoms with Gasteiger partial charge >= 0.3 is 0 Å². The number of amides is 1. The van der Waals surface area contributed by atoms with Crippen molar-refractivity contribution in [2.75, 3.05) is 19.6 Å². The molecule has 5 nitrogen and oxygen atoms in total. The average molecular weight is 348 g/mol. The van der Waals surface area contributed by atoms with Crippen molar-refractivity contribution >= 4 is 15.9 Å². The lowest BCUT2D eigenvalue weighted by Gasteiger charge is -2.37. The maximum atomic E-state index is 12.8. The van der Waals surface area contributed by atoms with E-state index in [1.807, 2.05) is 11.0 Å². The van der Waals surface area contributed by atoms with Gasteiger partial charge in [0.15, 0.2) is 0 Å². The van der Waals surface area contributed by atoms with Gasteiger partial charge < -0.3 is 4.90 Å². The molecule has 24 heavy (non-hydrogen) atoms. The molecule has 3 rings (SSSR count). The number of sulfonamides is 1. The largest absolute Gasteiger partial charge is 0.333 e. The Hall–Kier alpha value is -1.66. The molecule has 2 heterocycles. The summed E-state index contributed by atoms with van der Waals surface area (Å²) in [6, 6.07) is 8.58. The molecule has 1 aromatic rings. The summed E-state index contributed by atoms with van der Waals surface area (Å²) in [5, 5.41) is 0. The summed E-state index contributed by atoms with van der Waals surface area (Å²) in [5.74, 6) is 0.161. The molecule has 0 N–H and O–H groups in total. The average Bonchev–Trinajstić information content (AvgIpc) is 2.77. The standard InChI is InChI=1S/C18H24N2O3S/c1-2-13-20-17(21)9-11-18(20)10-6-14-19(15-12-18)24(22,23)16-7-4-3-5-8-16/h2-5,7-8H,1,6,9-15H2. The van der Waals surface area contributed by atoms with Gasteiger partial charge in [0.2, 0.25) is 15.9 Å². The zero-order valence-corrected chi connectivity index (χ0v) is 14.7. The zero-order chi connectivity index (χ0) is 17.2. The minimum Gasteiger partial charge on any atom is -0.333 e. The molecule has 2 saturated heterocycles. The zero-order valence-electron chi connectivity index (χ0n) is 13.9. The monoisotopic (exact) mass is 348 g/mol. The molecule has 1 aromatic carbocycles. The fourth-order valence-corrected chi connectivity index (χ4v) is 5.45. The summed E-state index contributed by atoms with van der Waals surface area (Å²) in [6.07, 6.45) is 5.45. The number of hydrogen-bond donors (Lipinski definition) is 0. The number of benzene rings is 1. The topological polar surface area (TPSA) is 57.7 Å². The molecule has 2 aliphatic heterocycles. The first kappa shape index (κ1) is 17.2. The smallest absolute Gasteiger partial charge is 0.243 e. The van der Waals surface area contributed by atoms with Gasteiger partial charge in [-0.15, -0.1) is 6.58 Å². The van der Waals surface area contributed by atoms with Crippen molar-refractivity contribution in [2.45, 2.75) is 42.5 Å². The molecule has 0 radical (unpaired) electrons. The molecule has 0 saturated carbocycles. The molecular formula is C18H24N2O3S. The first-order valence-corrected chi connectivity index (χ1v) is 9.90. The predicted octanol–water partition coefficient (Wildman–Crippen LogP) is 2.41. The van der Waals surface area contributed by atoms with Crippen LogP contribution >= 0.6 is 0 Å². The summed E-state index contributed by atoms with van der Waals surface area (Å²) in [6.45, 7) is 5.27. The van der Waals surface area contributed by atoms with E-state index in [0.29, 0.717) is 37.4 Å². The van der Waals surface area contributed by atoms with Gasteiger partial charge in [0.25, 0.3) is 0 Å². The summed E-state index contributed by atoms with van der Waals surface area (Å²) >= 11 is 0. The highest BCUT2D eigenvalue weighted by atomic mass is 32.2. The van der Waals surface area contributed by atoms with Crippen LogP contribution < -0.4 is 0 Å². The van der Waals surface area contributed by atoms with Gasteiger partial charge in [-0.2, -0.15) is 4.31 Å². The summed E-state index contributed by atoms with van der Waals surface area (Å²) in [4.78, 5) is 14.5. The predicted molar refractivity (Wildman–Crippen MR) is 92.9 cm³/mol. The Balaban J connectivity index is 1.81. The molecular weight excluding hydrogens is 324 g/mol. The number of hydrogen-bond acceptors (Lipinski definition) is 3. The van der Waals surface area contributed by atoms with E-state index in [4.69, 9.17) is 0 Å². The van der Waals surface area contributed by atoms with Crippen LogP contribution in [-0.4, -0.2) is 48.7 Å². The quantitative estimate of drug-likeness (QED) is 0.785. The van der Waals surface area contributed by atoms with Gasteiger partial charge in [0.05, 0.1) is 4.90 Å². The molecule has 2 fully saturated rings. The maximum Gasteiger partial charge on any atom is 0.243 e. The van der Waals surface area contributed by atoms with E-state index in [9.17, 15) is 13.2 Å². The molecule has 1 atom stereocenters. The Labute approximate surface area is 144 Å². The van der Waals surface area contributed by atoms with Crippen molar-refractivity contribution in [2.24, 2.45) is 0 Å². The fraction of sp³-hybridized carbons (Fsp3) is 0.500. The lowest BCUT2D eigenvalue weighted by molar-refractivity contribution is -0.130. The van der Waals surface area contributed by atoms with Gasteiger partial charge in [-0.1, -0.05) is 24.3 Å². The van der Waals surface area contributed by atoms with E-state index in [1.54, 1.807) is 34.6 Å². The highest BCUT2D eigenvalue weighted by Crippen LogP contribution is 2.39. The van der Waals surface area contributed by atoms with Crippen LogP contribution in [-0.2, 0) is 14.8 Å². The number of nitrogens with zero attached hydrogens (tertiary/aromatic N) is 2. The van der Waals surface area contributed by atoms with E-state index in [-0.39, 0.29) is 11.4 Å². The summed E-state index contributed by atoms with van der Waals surface area (Å²) in [5.41, 5.74) is -0.202. The Bertz CT molecular complexity index is 717. The van der Waals surface area contributed by atoms with Gasteiger partial charge in [-0.25, -0.2) is 8.42 Å². The van der Waals surface area contributed by atoms with Crippen molar-refractivity contribution in [3.05, 3.63) is 43.0 Å². The van der Waals surface area contributed by atoms with Gasteiger partial charge in [-0.3, -0.25) is 4.79 Å². The van der Waals surface area contributed by atoms with E-state index < -0.39 is 10.0 Å². The fourth-order valence-electron chi connectivity index (χ4n) is 3.95. The third-order valence-electron chi connectivity index (χ3n) is 5.25. The molecule has 6 heteroatoms. The molecule has 2 aliphatic rings. The van der Waals surface area contributed by atoms with Crippen LogP contribution in [0, 0.1) is 0 Å². The second-order valence-electron chi connectivity index (χ2n) is 6.59. The third-order valence-corrected chi connectivity index (χ3v) is 7.16. The summed E-state index contributed by atoms with van der Waals surface area (Å²) < 4.78 is 27.3. The number of rotatable bonds is 4. The second-order valence-corrected chi connectivity index (χ2v) is 8.53. The van der Waals surface area contributed by atoms with Crippen LogP contribution in [0.15, 0.2) is 47.9 Å². The Morgan fingerprint density at radius 1 is 1.12 bits per heavy atom. The number of likely N-dealkylation sites (tertiary alicyclic amines) is 1. The van der Waals surface area contributed by atoms with Gasteiger partial charge in [-0.05, 0) is 37.8 Å². The molecule has 1 amide bonds. The van der Waals surface area contributed by atoms with Crippen molar-refractivity contribution in [1.82, 2.24) is 9.21 Å². The molecule has 0 bridgehead atoms. The van der Waals surface area contributed by atoms with E-state index in [0.717, 1.165) is 19.3 Å². The van der Waals surface area contributed by atoms with Crippen LogP contribution in [0.5, 0.6) is 0 Å². The molecule has 0 aliphatic carbocycles. The normalized spacial score (nSPS) is 25.8. The third kappa shape index (κ3) is 3.00. The molecule has 130 valence electrons. The minimum absolute atomic E-state index is 0.161. The Morgan fingerprint density at radius 3 is 2.58 bits per heavy atom. The molecule has 1 spiro atoms. The van der Waals surface area contributed by atoms with E-state index >= 15 is 0 Å². The van der Waals surface area contributed by atoms with Crippen LogP contribution in [0.4, 0.5) is 0 Å². The molecule has 1 unspecified atom stereocenters. The maximum absolute atomic E-state index is 12.8. The number of carbonyl (C=O) groups excluding carboxylic acids is 1. The SMILES string of the molecule is C=CCN1C(=O)CCC12CCCN(S(=O)(=O)c1ccccc1)CC2. The summed E-state index contributed by atoms with van der Waals surface area (Å²) in [7, 11) is -3.47. The molecule has 0 aromatic heterocycles.